The van der Waals surface area contributed by atoms with E-state index < -0.39 is 0 Å². The van der Waals surface area contributed by atoms with Crippen molar-refractivity contribution in [1.29, 1.82) is 0 Å². The highest BCUT2D eigenvalue weighted by atomic mass is 16.5. The normalized spacial score (nSPS) is 15.6. The molecule has 0 radical (unpaired) electrons. The smallest absolute Gasteiger partial charge is 0.268 e. The van der Waals surface area contributed by atoms with Gasteiger partial charge in [-0.05, 0) is 49.3 Å². The monoisotopic (exact) mass is 490 g/mol. The number of fused-ring (bicyclic) bond motifs is 1. The number of rotatable bonds is 8. The predicted molar refractivity (Wildman–Crippen MR) is 141 cm³/mol. The average Bonchev–Trinajstić information content (AvgIpc) is 3.25. The number of aryl methyl sites for hydroxylation is 1. The minimum absolute atomic E-state index is 0.0618. The molecule has 0 aliphatic carbocycles. The molecular formula is C29H38N4O3. The summed E-state index contributed by atoms with van der Waals surface area (Å²) in [5.74, 6) is -0.217. The van der Waals surface area contributed by atoms with Gasteiger partial charge in [0.15, 0.2) is 0 Å². The van der Waals surface area contributed by atoms with E-state index in [9.17, 15) is 9.59 Å². The first-order valence-corrected chi connectivity index (χ1v) is 12.8. The van der Waals surface area contributed by atoms with E-state index in [0.717, 1.165) is 19.3 Å². The van der Waals surface area contributed by atoms with Gasteiger partial charge < -0.3 is 15.4 Å². The van der Waals surface area contributed by atoms with Crippen LogP contribution in [0.4, 0.5) is 0 Å². The topological polar surface area (TPSA) is 84.7 Å². The van der Waals surface area contributed by atoms with Crippen LogP contribution >= 0.6 is 0 Å². The van der Waals surface area contributed by atoms with Gasteiger partial charge in [0.1, 0.15) is 11.3 Å². The van der Waals surface area contributed by atoms with Crippen LogP contribution < -0.4 is 10.6 Å². The maximum Gasteiger partial charge on any atom is 0.268 e. The van der Waals surface area contributed by atoms with E-state index in [1.165, 1.54) is 11.1 Å². The van der Waals surface area contributed by atoms with Gasteiger partial charge in [-0.1, -0.05) is 56.7 Å². The predicted octanol–water partition coefficient (Wildman–Crippen LogP) is 4.22. The number of imidazole rings is 1. The van der Waals surface area contributed by atoms with E-state index in [0.29, 0.717) is 43.3 Å². The van der Waals surface area contributed by atoms with E-state index in [1.807, 2.05) is 12.1 Å². The molecule has 7 heteroatoms. The Kier molecular flexibility index (Phi) is 7.79. The second kappa shape index (κ2) is 10.8. The number of amides is 2. The molecule has 1 aliphatic heterocycles. The highest BCUT2D eigenvalue weighted by Crippen LogP contribution is 2.34. The number of nitrogens with zero attached hydrogens (tertiary/aromatic N) is 2. The molecule has 4 rings (SSSR count). The van der Waals surface area contributed by atoms with Crippen LogP contribution in [-0.2, 0) is 21.4 Å². The van der Waals surface area contributed by atoms with Crippen molar-refractivity contribution >= 4 is 17.5 Å². The molecule has 2 aromatic heterocycles. The molecule has 7 nitrogen and oxygen atoms in total. The molecule has 2 amide bonds. The van der Waals surface area contributed by atoms with Crippen LogP contribution in [0.3, 0.4) is 0 Å². The fourth-order valence-corrected chi connectivity index (χ4v) is 4.71. The van der Waals surface area contributed by atoms with Gasteiger partial charge in [-0.15, -0.1) is 0 Å². The molecule has 36 heavy (non-hydrogen) atoms. The van der Waals surface area contributed by atoms with Gasteiger partial charge >= 0.3 is 0 Å². The van der Waals surface area contributed by atoms with E-state index >= 15 is 0 Å². The summed E-state index contributed by atoms with van der Waals surface area (Å²) in [6.07, 6.45) is 4.60. The maximum absolute atomic E-state index is 13.3. The van der Waals surface area contributed by atoms with Gasteiger partial charge in [0.05, 0.1) is 12.1 Å². The number of carbonyl (C=O) groups excluding carboxylic acids is 2. The van der Waals surface area contributed by atoms with Crippen molar-refractivity contribution in [3.05, 3.63) is 71.2 Å². The number of hydrogen-bond donors (Lipinski definition) is 2. The SMILES string of the molecule is Cc1ccc(C2(CNC(=O)c3cccc4nc(CC(=O)NCCC(C)(C)C)cn34)CCOCC2)cc1. The third-order valence-electron chi connectivity index (χ3n) is 7.01. The Morgan fingerprint density at radius 2 is 1.78 bits per heavy atom. The van der Waals surface area contributed by atoms with Crippen molar-refractivity contribution in [2.45, 2.75) is 58.8 Å². The van der Waals surface area contributed by atoms with Crippen molar-refractivity contribution in [1.82, 2.24) is 20.0 Å². The summed E-state index contributed by atoms with van der Waals surface area (Å²) >= 11 is 0. The van der Waals surface area contributed by atoms with E-state index in [1.54, 1.807) is 16.7 Å². The van der Waals surface area contributed by atoms with Gasteiger partial charge in [0.2, 0.25) is 5.91 Å². The average molecular weight is 491 g/mol. The quantitative estimate of drug-likeness (QED) is 0.495. The number of nitrogens with one attached hydrogen (secondary N) is 2. The molecule has 3 aromatic rings. The third-order valence-corrected chi connectivity index (χ3v) is 7.01. The van der Waals surface area contributed by atoms with E-state index in [4.69, 9.17) is 4.74 Å². The minimum atomic E-state index is -0.155. The molecule has 0 spiro atoms. The largest absolute Gasteiger partial charge is 0.381 e. The lowest BCUT2D eigenvalue weighted by Gasteiger charge is -2.38. The van der Waals surface area contributed by atoms with Crippen LogP contribution in [0.25, 0.3) is 5.65 Å². The van der Waals surface area contributed by atoms with Crippen molar-refractivity contribution in [2.75, 3.05) is 26.3 Å². The van der Waals surface area contributed by atoms with Gasteiger partial charge in [0.25, 0.3) is 5.91 Å². The Bertz CT molecular complexity index is 1200. The van der Waals surface area contributed by atoms with Gasteiger partial charge in [0, 0.05) is 37.9 Å². The Labute approximate surface area is 213 Å². The molecule has 1 saturated heterocycles. The lowest BCUT2D eigenvalue weighted by atomic mass is 9.74. The molecule has 3 heterocycles. The summed E-state index contributed by atoms with van der Waals surface area (Å²) in [4.78, 5) is 30.3. The number of benzene rings is 1. The molecule has 2 N–H and O–H groups in total. The summed E-state index contributed by atoms with van der Waals surface area (Å²) in [6, 6.07) is 14.1. The Morgan fingerprint density at radius 3 is 2.47 bits per heavy atom. The highest BCUT2D eigenvalue weighted by molar-refractivity contribution is 5.93. The summed E-state index contributed by atoms with van der Waals surface area (Å²) in [6.45, 7) is 11.1. The first kappa shape index (κ1) is 25.9. The zero-order chi connectivity index (χ0) is 25.8. The molecule has 1 aromatic carbocycles. The summed E-state index contributed by atoms with van der Waals surface area (Å²) in [5.41, 5.74) is 4.27. The highest BCUT2D eigenvalue weighted by Gasteiger charge is 2.35. The first-order valence-electron chi connectivity index (χ1n) is 12.8. The van der Waals surface area contributed by atoms with Gasteiger partial charge in [-0.3, -0.25) is 14.0 Å². The first-order chi connectivity index (χ1) is 17.2. The molecule has 0 saturated carbocycles. The number of carbonyl (C=O) groups is 2. The van der Waals surface area contributed by atoms with Crippen molar-refractivity contribution in [3.63, 3.8) is 0 Å². The van der Waals surface area contributed by atoms with Crippen LogP contribution in [0.5, 0.6) is 0 Å². The Hall–Kier alpha value is -3.19. The molecule has 192 valence electrons. The minimum Gasteiger partial charge on any atom is -0.381 e. The van der Waals surface area contributed by atoms with Crippen LogP contribution in [0.15, 0.2) is 48.7 Å². The maximum atomic E-state index is 13.3. The summed E-state index contributed by atoms with van der Waals surface area (Å²) in [7, 11) is 0. The van der Waals surface area contributed by atoms with Gasteiger partial charge in [-0.25, -0.2) is 4.98 Å². The standard InChI is InChI=1S/C29H38N4O3/c1-21-8-10-22(11-9-21)29(13-16-36-17-14-29)20-31-27(35)24-6-5-7-25-32-23(19-33(24)25)18-26(34)30-15-12-28(2,3)4/h5-11,19H,12-18,20H2,1-4H3,(H,30,34)(H,31,35). The second-order valence-corrected chi connectivity index (χ2v) is 11.2. The van der Waals surface area contributed by atoms with Crippen LogP contribution in [0, 0.1) is 12.3 Å². The van der Waals surface area contributed by atoms with E-state index in [2.05, 4.69) is 67.6 Å². The van der Waals surface area contributed by atoms with Crippen LogP contribution in [0.1, 0.15) is 67.3 Å². The van der Waals surface area contributed by atoms with E-state index in [-0.39, 0.29) is 29.1 Å². The van der Waals surface area contributed by atoms with Crippen molar-refractivity contribution in [3.8, 4) is 0 Å². The molecular weight excluding hydrogens is 452 g/mol. The molecule has 0 bridgehead atoms. The van der Waals surface area contributed by atoms with Crippen molar-refractivity contribution in [2.24, 2.45) is 5.41 Å². The molecule has 0 atom stereocenters. The summed E-state index contributed by atoms with van der Waals surface area (Å²) < 4.78 is 7.41. The Morgan fingerprint density at radius 1 is 1.06 bits per heavy atom. The van der Waals surface area contributed by atoms with Crippen LogP contribution in [0.2, 0.25) is 0 Å². The number of hydrogen-bond acceptors (Lipinski definition) is 4. The molecule has 1 fully saturated rings. The van der Waals surface area contributed by atoms with Crippen molar-refractivity contribution < 1.29 is 14.3 Å². The lowest BCUT2D eigenvalue weighted by molar-refractivity contribution is -0.120. The zero-order valence-corrected chi connectivity index (χ0v) is 21.9. The second-order valence-electron chi connectivity index (χ2n) is 11.2. The zero-order valence-electron chi connectivity index (χ0n) is 21.9. The molecule has 0 unspecified atom stereocenters. The number of ether oxygens (including phenoxy) is 1. The number of pyridine rings is 1. The van der Waals surface area contributed by atoms with Crippen LogP contribution in [-0.4, -0.2) is 47.5 Å². The Balaban J connectivity index is 1.46. The third kappa shape index (κ3) is 6.32. The molecule has 1 aliphatic rings. The fraction of sp³-hybridized carbons (Fsp3) is 0.483. The van der Waals surface area contributed by atoms with Gasteiger partial charge in [-0.2, -0.15) is 0 Å². The summed E-state index contributed by atoms with van der Waals surface area (Å²) in [5, 5.41) is 6.16. The lowest BCUT2D eigenvalue weighted by Crippen LogP contribution is -2.44. The number of aromatic nitrogens is 2. The fourth-order valence-electron chi connectivity index (χ4n) is 4.71.